The summed E-state index contributed by atoms with van der Waals surface area (Å²) >= 11 is 0. The molecule has 0 saturated carbocycles. The van der Waals surface area contributed by atoms with Crippen molar-refractivity contribution in [1.82, 2.24) is 4.72 Å². The fourth-order valence-corrected chi connectivity index (χ4v) is 7.03. The smallest absolute Gasteiger partial charge is 0.437 e. The van der Waals surface area contributed by atoms with Crippen molar-refractivity contribution in [3.63, 3.8) is 0 Å². The minimum Gasteiger partial charge on any atom is -0.479 e. The van der Waals surface area contributed by atoms with Gasteiger partial charge in [-0.15, -0.1) is 4.99 Å². The lowest BCUT2D eigenvalue weighted by Gasteiger charge is -2.27. The Morgan fingerprint density at radius 3 is 2.08 bits per heavy atom. The Kier molecular flexibility index (Phi) is 13.1. The first-order valence-electron chi connectivity index (χ1n) is 14.6. The first-order chi connectivity index (χ1) is 21.9. The predicted molar refractivity (Wildman–Crippen MR) is 180 cm³/mol. The maximum absolute atomic E-state index is 13.5. The number of rotatable bonds is 11. The van der Waals surface area contributed by atoms with Crippen molar-refractivity contribution in [2.24, 2.45) is 10.7 Å². The van der Waals surface area contributed by atoms with E-state index in [4.69, 9.17) is 19.7 Å². The topological polar surface area (TPSA) is 224 Å². The molecule has 264 valence electrons. The number of carbonyl (C=O) groups excluding carboxylic acids is 2. The molecule has 0 bridgehead atoms. The van der Waals surface area contributed by atoms with Crippen LogP contribution >= 0.6 is 7.60 Å². The highest BCUT2D eigenvalue weighted by atomic mass is 32.2. The molecular weight excluding hydrogens is 667 g/mol. The number of hydrogen-bond donors (Lipinski definition) is 4. The zero-order valence-electron chi connectivity index (χ0n) is 28.1. The summed E-state index contributed by atoms with van der Waals surface area (Å²) in [4.78, 5) is 53.3. The fourth-order valence-electron chi connectivity index (χ4n) is 3.88. The number of nitrogens with zero attached hydrogens (tertiary/aromatic N) is 2. The first kappa shape index (κ1) is 39.9. The highest BCUT2D eigenvalue weighted by Gasteiger charge is 2.38. The number of ether oxygens (including phenoxy) is 2. The van der Waals surface area contributed by atoms with E-state index >= 15 is 0 Å². The summed E-state index contributed by atoms with van der Waals surface area (Å²) in [7, 11) is -9.37. The van der Waals surface area contributed by atoms with Crippen molar-refractivity contribution in [2.45, 2.75) is 79.1 Å². The third-order valence-corrected chi connectivity index (χ3v) is 8.85. The van der Waals surface area contributed by atoms with Gasteiger partial charge in [0.05, 0.1) is 11.4 Å². The second kappa shape index (κ2) is 15.8. The molecular formula is C31H43N4O11PS. The van der Waals surface area contributed by atoms with Crippen molar-refractivity contribution in [3.8, 4) is 0 Å². The molecule has 0 saturated heterocycles. The molecule has 0 heterocycles. The van der Waals surface area contributed by atoms with Crippen molar-refractivity contribution >= 4 is 47.4 Å². The van der Waals surface area contributed by atoms with E-state index in [1.165, 1.54) is 32.0 Å². The van der Waals surface area contributed by atoms with Gasteiger partial charge in [0.15, 0.2) is 6.10 Å². The molecule has 0 aliphatic rings. The van der Waals surface area contributed by atoms with Crippen LogP contribution in [0, 0.1) is 0 Å². The fraction of sp³-hybridized carbons (Fsp3) is 0.419. The minimum absolute atomic E-state index is 0.0456. The zero-order valence-corrected chi connectivity index (χ0v) is 29.8. The largest absolute Gasteiger partial charge is 0.479 e. The summed E-state index contributed by atoms with van der Waals surface area (Å²) in [5.74, 6) is -2.85. The van der Waals surface area contributed by atoms with Gasteiger partial charge in [0.1, 0.15) is 16.6 Å². The number of carboxylic acid groups (broad SMARTS) is 1. The number of amides is 2. The molecule has 2 atom stereocenters. The molecule has 2 rings (SSSR count). The monoisotopic (exact) mass is 710 g/mol. The summed E-state index contributed by atoms with van der Waals surface area (Å²) in [6, 6.07) is 13.6. The van der Waals surface area contributed by atoms with E-state index in [2.05, 4.69) is 9.71 Å². The van der Waals surface area contributed by atoms with Gasteiger partial charge in [0, 0.05) is 0 Å². The first-order valence-corrected chi connectivity index (χ1v) is 17.8. The molecule has 0 aliphatic carbocycles. The van der Waals surface area contributed by atoms with Gasteiger partial charge in [0.2, 0.25) is 16.0 Å². The van der Waals surface area contributed by atoms with E-state index in [1.54, 1.807) is 71.9 Å². The van der Waals surface area contributed by atoms with E-state index in [0.717, 1.165) is 6.07 Å². The lowest BCUT2D eigenvalue weighted by molar-refractivity contribution is -0.145. The standard InChI is InChI=1S/C31H43N4O11PS/c1-20(2)25(34-48(42,43)18-17-21-13-10-9-11-14-21)47(40,41)46-24(26(36)37)22-15-12-16-23(19-22)35(29(39)45-31(6,7)8)27(32)33-28(38)44-30(3,4)5/h9-16,19,24,34H,17-18H2,1-8H3,(H,36,37)(H,40,41)(H2,32,33,38). The third-order valence-electron chi connectivity index (χ3n) is 5.82. The maximum atomic E-state index is 13.5. The number of aliphatic carboxylic acids is 1. The van der Waals surface area contributed by atoms with Crippen LogP contribution in [0.4, 0.5) is 15.3 Å². The van der Waals surface area contributed by atoms with Crippen LogP contribution in [0.25, 0.3) is 0 Å². The van der Waals surface area contributed by atoms with Gasteiger partial charge >= 0.3 is 25.8 Å². The SMILES string of the molecule is CC(C)=C(NS(=O)(=O)CCc1ccccc1)P(=O)(O)OC(C(=O)O)c1cccc(N(C(=O)OC(C)(C)C)C(N)=NC(=O)OC(C)(C)C)c1. The van der Waals surface area contributed by atoms with E-state index < -0.39 is 70.2 Å². The van der Waals surface area contributed by atoms with E-state index in [9.17, 15) is 37.4 Å². The lowest BCUT2D eigenvalue weighted by atomic mass is 10.1. The molecule has 0 radical (unpaired) electrons. The van der Waals surface area contributed by atoms with Crippen molar-refractivity contribution in [2.75, 3.05) is 10.7 Å². The Hall–Kier alpha value is -4.24. The molecule has 2 amide bonds. The number of guanidine groups is 1. The number of carboxylic acids is 1. The Bertz CT molecular complexity index is 1710. The van der Waals surface area contributed by atoms with Crippen LogP contribution in [0.1, 0.15) is 72.6 Å². The highest BCUT2D eigenvalue weighted by Crippen LogP contribution is 2.54. The van der Waals surface area contributed by atoms with Gasteiger partial charge in [-0.05, 0) is 90.6 Å². The van der Waals surface area contributed by atoms with Crippen LogP contribution in [0.15, 0.2) is 70.6 Å². The zero-order chi connectivity index (χ0) is 36.7. The quantitative estimate of drug-likeness (QED) is 0.130. The number of anilines is 1. The number of allylic oxidation sites excluding steroid dienone is 1. The van der Waals surface area contributed by atoms with Gasteiger partial charge in [-0.3, -0.25) is 13.8 Å². The lowest BCUT2D eigenvalue weighted by Crippen LogP contribution is -2.45. The van der Waals surface area contributed by atoms with E-state index in [-0.39, 0.29) is 23.2 Å². The van der Waals surface area contributed by atoms with Crippen LogP contribution in [0.2, 0.25) is 0 Å². The number of aryl methyl sites for hydroxylation is 1. The molecule has 2 aromatic carbocycles. The highest BCUT2D eigenvalue weighted by molar-refractivity contribution is 7.90. The molecule has 48 heavy (non-hydrogen) atoms. The molecule has 0 fully saturated rings. The summed E-state index contributed by atoms with van der Waals surface area (Å²) in [5.41, 5.74) is 3.69. The Labute approximate surface area is 280 Å². The average molecular weight is 711 g/mol. The number of sulfonamides is 1. The Morgan fingerprint density at radius 1 is 0.979 bits per heavy atom. The maximum Gasteiger partial charge on any atom is 0.437 e. The normalized spacial score (nSPS) is 14.2. The van der Waals surface area contributed by atoms with Crippen molar-refractivity contribution in [1.29, 1.82) is 0 Å². The third kappa shape index (κ3) is 12.8. The van der Waals surface area contributed by atoms with Crippen molar-refractivity contribution < 1.29 is 51.4 Å². The van der Waals surface area contributed by atoms with Crippen molar-refractivity contribution in [3.05, 3.63) is 76.7 Å². The second-order valence-electron chi connectivity index (χ2n) is 12.7. The number of carbonyl (C=O) groups is 3. The van der Waals surface area contributed by atoms with Crippen LogP contribution in [0.3, 0.4) is 0 Å². The van der Waals surface area contributed by atoms with Crippen LogP contribution in [-0.4, -0.2) is 59.5 Å². The van der Waals surface area contributed by atoms with Crippen LogP contribution in [-0.2, 0) is 39.8 Å². The minimum atomic E-state index is -5.18. The molecule has 15 nitrogen and oxygen atoms in total. The molecule has 0 spiro atoms. The van der Waals surface area contributed by atoms with E-state index in [0.29, 0.717) is 10.5 Å². The molecule has 2 unspecified atom stereocenters. The number of hydrogen-bond acceptors (Lipinski definition) is 9. The summed E-state index contributed by atoms with van der Waals surface area (Å²) in [6.45, 7) is 12.2. The van der Waals surface area contributed by atoms with Gasteiger partial charge in [0.25, 0.3) is 0 Å². The molecule has 5 N–H and O–H groups in total. The van der Waals surface area contributed by atoms with Gasteiger partial charge in [-0.1, -0.05) is 42.5 Å². The Balaban J connectivity index is 2.49. The molecule has 2 aromatic rings. The van der Waals surface area contributed by atoms with E-state index in [1.807, 2.05) is 0 Å². The van der Waals surface area contributed by atoms with Gasteiger partial charge in [-0.25, -0.2) is 27.7 Å². The number of aliphatic imine (C=N–C) groups is 1. The summed E-state index contributed by atoms with van der Waals surface area (Å²) in [5, 5.41) is 10.1. The average Bonchev–Trinajstić information content (AvgIpc) is 2.92. The molecule has 0 aromatic heterocycles. The van der Waals surface area contributed by atoms with Crippen LogP contribution < -0.4 is 15.4 Å². The summed E-state index contributed by atoms with van der Waals surface area (Å²) in [6.07, 6.45) is -4.28. The number of benzene rings is 2. The predicted octanol–water partition coefficient (Wildman–Crippen LogP) is 5.42. The second-order valence-corrected chi connectivity index (χ2v) is 16.3. The number of nitrogens with one attached hydrogen (secondary N) is 1. The van der Waals surface area contributed by atoms with Crippen LogP contribution in [0.5, 0.6) is 0 Å². The molecule has 0 aliphatic heterocycles. The number of nitrogens with two attached hydrogens (primary N) is 1. The Morgan fingerprint density at radius 2 is 1.56 bits per heavy atom. The molecule has 17 heteroatoms. The summed E-state index contributed by atoms with van der Waals surface area (Å²) < 4.78 is 57.2. The van der Waals surface area contributed by atoms with Gasteiger partial charge < -0.3 is 25.2 Å². The van der Waals surface area contributed by atoms with Gasteiger partial charge in [-0.2, -0.15) is 0 Å².